The summed E-state index contributed by atoms with van der Waals surface area (Å²) in [6, 6.07) is 3.75. The zero-order valence-electron chi connectivity index (χ0n) is 13.9. The molecule has 1 aromatic heterocycles. The van der Waals surface area contributed by atoms with Gasteiger partial charge in [-0.15, -0.1) is 0 Å². The van der Waals surface area contributed by atoms with Crippen molar-refractivity contribution in [2.24, 2.45) is 5.92 Å². The topological polar surface area (TPSA) is 53.3 Å². The standard InChI is InChI=1S/C18H24N2O3/c1-22-10-4-7-17(21)14-8-9-16-15(18(14)23-2)12-20(19-16)11-13-5-3-6-13/h8-9,12-13H,3-7,10-11H2,1-2H3. The minimum absolute atomic E-state index is 0.0903. The summed E-state index contributed by atoms with van der Waals surface area (Å²) in [6.45, 7) is 1.55. The van der Waals surface area contributed by atoms with Crippen LogP contribution < -0.4 is 4.74 Å². The number of aromatic nitrogens is 2. The van der Waals surface area contributed by atoms with E-state index in [1.165, 1.54) is 19.3 Å². The van der Waals surface area contributed by atoms with Crippen molar-refractivity contribution in [3.63, 3.8) is 0 Å². The molecule has 1 aliphatic rings. The molecule has 0 radical (unpaired) electrons. The lowest BCUT2D eigenvalue weighted by Gasteiger charge is -2.24. The maximum atomic E-state index is 12.4. The molecule has 0 unspecified atom stereocenters. The summed E-state index contributed by atoms with van der Waals surface area (Å²) < 4.78 is 12.5. The van der Waals surface area contributed by atoms with Crippen LogP contribution in [0.4, 0.5) is 0 Å². The van der Waals surface area contributed by atoms with E-state index in [0.717, 1.165) is 29.8 Å². The normalized spacial score (nSPS) is 14.9. The molecule has 23 heavy (non-hydrogen) atoms. The Bertz CT molecular complexity index is 689. The van der Waals surface area contributed by atoms with E-state index < -0.39 is 0 Å². The van der Waals surface area contributed by atoms with Gasteiger partial charge in [0.2, 0.25) is 0 Å². The average Bonchev–Trinajstić information content (AvgIpc) is 2.92. The van der Waals surface area contributed by atoms with Gasteiger partial charge in [-0.05, 0) is 37.3 Å². The molecular formula is C18H24N2O3. The van der Waals surface area contributed by atoms with Crippen LogP contribution in [0.5, 0.6) is 5.75 Å². The number of methoxy groups -OCH3 is 2. The fraction of sp³-hybridized carbons (Fsp3) is 0.556. The first-order valence-corrected chi connectivity index (χ1v) is 8.29. The summed E-state index contributed by atoms with van der Waals surface area (Å²) in [7, 11) is 3.26. The first-order valence-electron chi connectivity index (χ1n) is 8.29. The number of carbonyl (C=O) groups is 1. The lowest BCUT2D eigenvalue weighted by Crippen LogP contribution is -2.18. The number of ether oxygens (including phenoxy) is 2. The Hall–Kier alpha value is -1.88. The molecule has 0 spiro atoms. The Morgan fingerprint density at radius 3 is 2.83 bits per heavy atom. The molecule has 0 bridgehead atoms. The lowest BCUT2D eigenvalue weighted by atomic mass is 9.85. The van der Waals surface area contributed by atoms with Crippen molar-refractivity contribution in [1.29, 1.82) is 0 Å². The molecular weight excluding hydrogens is 292 g/mol. The molecule has 124 valence electrons. The SMILES string of the molecule is COCCCC(=O)c1ccc2nn(CC3CCC3)cc2c1OC. The van der Waals surface area contributed by atoms with Gasteiger partial charge in [-0.2, -0.15) is 5.10 Å². The van der Waals surface area contributed by atoms with E-state index in [2.05, 4.69) is 5.10 Å². The first-order chi connectivity index (χ1) is 11.2. The summed E-state index contributed by atoms with van der Waals surface area (Å²) in [5, 5.41) is 5.55. The van der Waals surface area contributed by atoms with Crippen LogP contribution in [-0.4, -0.2) is 36.4 Å². The zero-order chi connectivity index (χ0) is 16.2. The predicted octanol–water partition coefficient (Wildman–Crippen LogP) is 3.45. The molecule has 1 aromatic carbocycles. The number of carbonyl (C=O) groups excluding carboxylic acids is 1. The highest BCUT2D eigenvalue weighted by Gasteiger charge is 2.20. The van der Waals surface area contributed by atoms with E-state index >= 15 is 0 Å². The van der Waals surface area contributed by atoms with Gasteiger partial charge in [0.1, 0.15) is 5.75 Å². The predicted molar refractivity (Wildman–Crippen MR) is 89.1 cm³/mol. The summed E-state index contributed by atoms with van der Waals surface area (Å²) in [6.07, 6.45) is 7.10. The van der Waals surface area contributed by atoms with Crippen molar-refractivity contribution in [3.8, 4) is 5.75 Å². The molecule has 0 amide bonds. The molecule has 0 saturated heterocycles. The number of rotatable bonds is 8. The Balaban J connectivity index is 1.85. The summed E-state index contributed by atoms with van der Waals surface area (Å²) in [5.41, 5.74) is 1.52. The number of hydrogen-bond donors (Lipinski definition) is 0. The van der Waals surface area contributed by atoms with Gasteiger partial charge in [-0.1, -0.05) is 6.42 Å². The van der Waals surface area contributed by atoms with Crippen molar-refractivity contribution in [1.82, 2.24) is 9.78 Å². The van der Waals surface area contributed by atoms with Crippen molar-refractivity contribution in [3.05, 3.63) is 23.9 Å². The van der Waals surface area contributed by atoms with Gasteiger partial charge in [0.15, 0.2) is 5.78 Å². The molecule has 2 aromatic rings. The molecule has 1 saturated carbocycles. The number of ketones is 1. The van der Waals surface area contributed by atoms with Crippen molar-refractivity contribution < 1.29 is 14.3 Å². The van der Waals surface area contributed by atoms with Crippen molar-refractivity contribution in [2.75, 3.05) is 20.8 Å². The second-order valence-corrected chi connectivity index (χ2v) is 6.25. The van der Waals surface area contributed by atoms with Crippen molar-refractivity contribution >= 4 is 16.7 Å². The second-order valence-electron chi connectivity index (χ2n) is 6.25. The maximum absolute atomic E-state index is 12.4. The summed E-state index contributed by atoms with van der Waals surface area (Å²) >= 11 is 0. The fourth-order valence-corrected chi connectivity index (χ4v) is 3.10. The third-order valence-electron chi connectivity index (χ3n) is 4.61. The van der Waals surface area contributed by atoms with Crippen LogP contribution in [0.25, 0.3) is 10.9 Å². The van der Waals surface area contributed by atoms with Crippen LogP contribution in [0.15, 0.2) is 18.3 Å². The van der Waals surface area contributed by atoms with E-state index in [4.69, 9.17) is 9.47 Å². The van der Waals surface area contributed by atoms with Gasteiger partial charge in [0.05, 0.1) is 23.6 Å². The first kappa shape index (κ1) is 16.0. The molecule has 0 atom stereocenters. The largest absolute Gasteiger partial charge is 0.495 e. The van der Waals surface area contributed by atoms with Crippen LogP contribution in [0.3, 0.4) is 0 Å². The number of nitrogens with zero attached hydrogens (tertiary/aromatic N) is 2. The molecule has 5 heteroatoms. The quantitative estimate of drug-likeness (QED) is 0.553. The number of fused-ring (bicyclic) bond motifs is 1. The van der Waals surface area contributed by atoms with E-state index in [9.17, 15) is 4.79 Å². The third kappa shape index (κ3) is 3.39. The van der Waals surface area contributed by atoms with Gasteiger partial charge in [0, 0.05) is 32.9 Å². The van der Waals surface area contributed by atoms with E-state index in [0.29, 0.717) is 24.3 Å². The van der Waals surface area contributed by atoms with Crippen LogP contribution in [0.1, 0.15) is 42.5 Å². The van der Waals surface area contributed by atoms with Crippen LogP contribution in [-0.2, 0) is 11.3 Å². The Labute approximate surface area is 136 Å². The highest BCUT2D eigenvalue weighted by molar-refractivity contribution is 6.04. The Kier molecular flexibility index (Phi) is 4.96. The average molecular weight is 316 g/mol. The molecule has 5 nitrogen and oxygen atoms in total. The van der Waals surface area contributed by atoms with E-state index in [1.54, 1.807) is 14.2 Å². The van der Waals surface area contributed by atoms with Gasteiger partial charge >= 0.3 is 0 Å². The third-order valence-corrected chi connectivity index (χ3v) is 4.61. The molecule has 0 N–H and O–H groups in total. The highest BCUT2D eigenvalue weighted by atomic mass is 16.5. The van der Waals surface area contributed by atoms with Gasteiger partial charge < -0.3 is 9.47 Å². The monoisotopic (exact) mass is 316 g/mol. The fourth-order valence-electron chi connectivity index (χ4n) is 3.10. The molecule has 0 aliphatic heterocycles. The lowest BCUT2D eigenvalue weighted by molar-refractivity contribution is 0.0960. The minimum atomic E-state index is 0.0903. The smallest absolute Gasteiger partial charge is 0.166 e. The highest BCUT2D eigenvalue weighted by Crippen LogP contribution is 2.32. The van der Waals surface area contributed by atoms with Crippen LogP contribution in [0.2, 0.25) is 0 Å². The number of hydrogen-bond acceptors (Lipinski definition) is 4. The van der Waals surface area contributed by atoms with Crippen molar-refractivity contribution in [2.45, 2.75) is 38.6 Å². The van der Waals surface area contributed by atoms with E-state index in [-0.39, 0.29) is 5.78 Å². The number of benzene rings is 1. The molecule has 1 fully saturated rings. The molecule has 1 heterocycles. The Morgan fingerprint density at radius 1 is 1.35 bits per heavy atom. The summed E-state index contributed by atoms with van der Waals surface area (Å²) in [5.74, 6) is 1.47. The molecule has 1 aliphatic carbocycles. The zero-order valence-corrected chi connectivity index (χ0v) is 13.9. The van der Waals surface area contributed by atoms with Crippen LogP contribution >= 0.6 is 0 Å². The van der Waals surface area contributed by atoms with Gasteiger partial charge in [-0.3, -0.25) is 9.48 Å². The Morgan fingerprint density at radius 2 is 2.17 bits per heavy atom. The van der Waals surface area contributed by atoms with Gasteiger partial charge in [-0.25, -0.2) is 0 Å². The van der Waals surface area contributed by atoms with Crippen LogP contribution in [0, 0.1) is 5.92 Å². The number of Topliss-reactive ketones (excluding diaryl/α,β-unsaturated/α-hetero) is 1. The van der Waals surface area contributed by atoms with E-state index in [1.807, 2.05) is 23.0 Å². The minimum Gasteiger partial charge on any atom is -0.495 e. The second kappa shape index (κ2) is 7.13. The summed E-state index contributed by atoms with van der Waals surface area (Å²) in [4.78, 5) is 12.4. The maximum Gasteiger partial charge on any atom is 0.166 e. The van der Waals surface area contributed by atoms with Gasteiger partial charge in [0.25, 0.3) is 0 Å². The molecule has 3 rings (SSSR count).